The molecule has 0 N–H and O–H groups in total. The highest BCUT2D eigenvalue weighted by molar-refractivity contribution is 8.01. The first-order valence-corrected chi connectivity index (χ1v) is 21.6. The minimum Gasteiger partial charge on any atom is -0.310 e. The Kier molecular flexibility index (Phi) is 8.88. The zero-order chi connectivity index (χ0) is 35.8. The number of nitrogens with zero attached hydrogens (tertiary/aromatic N) is 1. The van der Waals surface area contributed by atoms with Crippen molar-refractivity contribution >= 4 is 74.9 Å². The molecule has 0 radical (unpaired) electrons. The Hall–Kier alpha value is -5.52. The third-order valence-electron chi connectivity index (χ3n) is 10.4. The third kappa shape index (κ3) is 5.75. The number of anilines is 2. The smallest absolute Gasteiger partial charge is 0.184 e. The van der Waals surface area contributed by atoms with Gasteiger partial charge in [-0.2, -0.15) is 0 Å². The van der Waals surface area contributed by atoms with E-state index in [4.69, 9.17) is 0 Å². The van der Waals surface area contributed by atoms with Crippen LogP contribution in [-0.4, -0.2) is 8.07 Å². The molecule has 1 nitrogen and oxygen atoms in total. The van der Waals surface area contributed by atoms with Gasteiger partial charge < -0.3 is 4.90 Å². The average Bonchev–Trinajstić information content (AvgIpc) is 3.23. The summed E-state index contributed by atoms with van der Waals surface area (Å²) >= 11 is 3.82. The van der Waals surface area contributed by atoms with E-state index in [9.17, 15) is 0 Å². The van der Waals surface area contributed by atoms with Crippen LogP contribution in [0.5, 0.6) is 0 Å². The standard InChI is InChI=1S/C49H37NS2Si/c1-3-38(33-41(37-21-9-5-10-22-37)35(2)36-19-7-4-8-20-36)50(39-23-11-6-12-24-39)40-31-32-49-45(34-40)52-44-27-15-18-30-48(44)53(49)46-28-16-13-25-42(46)51-43-26-14-17-29-47(43)53/h3-34H,1H2,2H3/b38-33+,41-35-. The van der Waals surface area contributed by atoms with Gasteiger partial charge in [0.25, 0.3) is 0 Å². The number of benzene rings is 7. The van der Waals surface area contributed by atoms with Gasteiger partial charge in [-0.15, -0.1) is 0 Å². The number of fused-ring (bicyclic) bond motifs is 8. The van der Waals surface area contributed by atoms with Crippen LogP contribution in [-0.2, 0) is 0 Å². The molecule has 2 aliphatic heterocycles. The first kappa shape index (κ1) is 33.3. The van der Waals surface area contributed by atoms with Crippen LogP contribution in [0.1, 0.15) is 18.1 Å². The van der Waals surface area contributed by atoms with Gasteiger partial charge in [0.15, 0.2) is 8.07 Å². The van der Waals surface area contributed by atoms with Crippen LogP contribution in [0.25, 0.3) is 11.1 Å². The van der Waals surface area contributed by atoms with E-state index in [1.54, 1.807) is 0 Å². The van der Waals surface area contributed by atoms with Gasteiger partial charge in [0.2, 0.25) is 0 Å². The van der Waals surface area contributed by atoms with Crippen LogP contribution in [0.3, 0.4) is 0 Å². The quantitative estimate of drug-likeness (QED) is 0.0913. The molecule has 7 aromatic carbocycles. The lowest BCUT2D eigenvalue weighted by Gasteiger charge is -2.44. The lowest BCUT2D eigenvalue weighted by Crippen LogP contribution is -2.78. The van der Waals surface area contributed by atoms with Crippen molar-refractivity contribution in [3.05, 3.63) is 218 Å². The molecule has 0 saturated heterocycles. The molecule has 9 rings (SSSR count). The van der Waals surface area contributed by atoms with E-state index in [1.165, 1.54) is 57.0 Å². The average molecular weight is 732 g/mol. The summed E-state index contributed by atoms with van der Waals surface area (Å²) in [6.45, 7) is 6.63. The Morgan fingerprint density at radius 1 is 0.491 bits per heavy atom. The van der Waals surface area contributed by atoms with Gasteiger partial charge in [-0.05, 0) is 105 Å². The molecule has 0 unspecified atom stereocenters. The van der Waals surface area contributed by atoms with E-state index >= 15 is 0 Å². The van der Waals surface area contributed by atoms with Gasteiger partial charge >= 0.3 is 0 Å². The van der Waals surface area contributed by atoms with Crippen molar-refractivity contribution in [3.63, 3.8) is 0 Å². The molecule has 1 spiro atoms. The molecule has 0 aromatic heterocycles. The number of allylic oxidation sites excluding steroid dienone is 4. The number of rotatable bonds is 7. The molecule has 2 aliphatic rings. The topological polar surface area (TPSA) is 3.24 Å². The van der Waals surface area contributed by atoms with Crippen molar-refractivity contribution in [1.29, 1.82) is 0 Å². The van der Waals surface area contributed by atoms with Crippen LogP contribution < -0.4 is 25.6 Å². The van der Waals surface area contributed by atoms with Gasteiger partial charge in [-0.1, -0.05) is 170 Å². The second kappa shape index (κ2) is 14.1. The highest BCUT2D eigenvalue weighted by atomic mass is 32.2. The first-order valence-electron chi connectivity index (χ1n) is 18.0. The monoisotopic (exact) mass is 731 g/mol. The minimum atomic E-state index is -2.65. The van der Waals surface area contributed by atoms with Gasteiger partial charge in [0.05, 0.1) is 0 Å². The number of hydrogen-bond donors (Lipinski definition) is 0. The molecule has 7 aromatic rings. The van der Waals surface area contributed by atoms with Gasteiger partial charge in [-0.3, -0.25) is 0 Å². The third-order valence-corrected chi connectivity index (χ3v) is 18.4. The molecule has 254 valence electrons. The lowest BCUT2D eigenvalue weighted by atomic mass is 9.94. The van der Waals surface area contributed by atoms with Gasteiger partial charge in [0.1, 0.15) is 0 Å². The van der Waals surface area contributed by atoms with E-state index < -0.39 is 8.07 Å². The highest BCUT2D eigenvalue weighted by Crippen LogP contribution is 2.42. The molecular formula is C49H37NS2Si. The Morgan fingerprint density at radius 2 is 0.943 bits per heavy atom. The summed E-state index contributed by atoms with van der Waals surface area (Å²) in [4.78, 5) is 7.76. The zero-order valence-electron chi connectivity index (χ0n) is 29.4. The predicted octanol–water partition coefficient (Wildman–Crippen LogP) is 10.8. The summed E-state index contributed by atoms with van der Waals surface area (Å²) < 4.78 is 0. The molecule has 0 saturated carbocycles. The minimum absolute atomic E-state index is 1.00. The van der Waals surface area contributed by atoms with E-state index in [2.05, 4.69) is 206 Å². The zero-order valence-corrected chi connectivity index (χ0v) is 32.1. The summed E-state index contributed by atoms with van der Waals surface area (Å²) in [5, 5.41) is 5.88. The van der Waals surface area contributed by atoms with Crippen molar-refractivity contribution < 1.29 is 0 Å². The summed E-state index contributed by atoms with van der Waals surface area (Å²) in [5.41, 5.74) is 7.93. The Labute approximate surface area is 322 Å². The number of para-hydroxylation sites is 1. The molecular weight excluding hydrogens is 695 g/mol. The summed E-state index contributed by atoms with van der Waals surface area (Å²) in [5.74, 6) is 0. The van der Waals surface area contributed by atoms with Crippen molar-refractivity contribution in [1.82, 2.24) is 0 Å². The van der Waals surface area contributed by atoms with Crippen LogP contribution >= 0.6 is 23.5 Å². The molecule has 53 heavy (non-hydrogen) atoms. The molecule has 0 bridgehead atoms. The fourth-order valence-corrected chi connectivity index (χ4v) is 17.2. The fourth-order valence-electron chi connectivity index (χ4n) is 8.00. The van der Waals surface area contributed by atoms with Crippen molar-refractivity contribution in [2.45, 2.75) is 26.5 Å². The fraction of sp³-hybridized carbons (Fsp3) is 0.0204. The summed E-state index contributed by atoms with van der Waals surface area (Å²) in [6, 6.07) is 66.7. The van der Waals surface area contributed by atoms with E-state index in [0.29, 0.717) is 0 Å². The van der Waals surface area contributed by atoms with Crippen LogP contribution in [0.2, 0.25) is 0 Å². The van der Waals surface area contributed by atoms with Crippen LogP contribution in [0.15, 0.2) is 226 Å². The lowest BCUT2D eigenvalue weighted by molar-refractivity contribution is 1.20. The molecule has 0 atom stereocenters. The molecule has 4 heteroatoms. The maximum Gasteiger partial charge on any atom is 0.184 e. The maximum absolute atomic E-state index is 4.41. The van der Waals surface area contributed by atoms with E-state index in [1.807, 2.05) is 29.6 Å². The molecule has 2 heterocycles. The van der Waals surface area contributed by atoms with Crippen molar-refractivity contribution in [2.24, 2.45) is 0 Å². The Bertz CT molecular complexity index is 2480. The van der Waals surface area contributed by atoms with Crippen LogP contribution in [0.4, 0.5) is 11.4 Å². The Balaban J connectivity index is 1.28. The maximum atomic E-state index is 4.41. The SMILES string of the molecule is C=C/C(=C\C(=C(/C)c1ccccc1)c1ccccc1)N(c1ccccc1)c1ccc2c(c1)Sc1ccccc1[Si]21c2ccccc2Sc2ccccc21. The molecule has 0 fully saturated rings. The summed E-state index contributed by atoms with van der Waals surface area (Å²) in [6.07, 6.45) is 4.30. The second-order valence-electron chi connectivity index (χ2n) is 13.3. The Morgan fingerprint density at radius 3 is 1.49 bits per heavy atom. The van der Waals surface area contributed by atoms with Crippen molar-refractivity contribution in [2.75, 3.05) is 4.90 Å². The molecule has 0 aliphatic carbocycles. The van der Waals surface area contributed by atoms with Gasteiger partial charge in [0, 0.05) is 36.7 Å². The normalized spacial score (nSPS) is 14.2. The van der Waals surface area contributed by atoms with Gasteiger partial charge in [-0.25, -0.2) is 0 Å². The summed E-state index contributed by atoms with van der Waals surface area (Å²) in [7, 11) is -2.65. The highest BCUT2D eigenvalue weighted by Gasteiger charge is 2.51. The largest absolute Gasteiger partial charge is 0.310 e. The first-order chi connectivity index (χ1) is 26.2. The molecule has 0 amide bonds. The van der Waals surface area contributed by atoms with Crippen molar-refractivity contribution in [3.8, 4) is 0 Å². The second-order valence-corrected chi connectivity index (χ2v) is 19.2. The van der Waals surface area contributed by atoms with Crippen LogP contribution in [0, 0.1) is 0 Å². The number of hydrogen-bond acceptors (Lipinski definition) is 3. The predicted molar refractivity (Wildman–Crippen MR) is 231 cm³/mol. The van der Waals surface area contributed by atoms with E-state index in [-0.39, 0.29) is 0 Å². The van der Waals surface area contributed by atoms with E-state index in [0.717, 1.165) is 22.6 Å².